The molecule has 0 atom stereocenters. The third-order valence-corrected chi connectivity index (χ3v) is 5.37. The van der Waals surface area contributed by atoms with Gasteiger partial charge in [-0.05, 0) is 37.3 Å². The van der Waals surface area contributed by atoms with Crippen LogP contribution in [0.5, 0.6) is 17.2 Å². The van der Waals surface area contributed by atoms with Crippen LogP contribution in [0.4, 0.5) is 0 Å². The van der Waals surface area contributed by atoms with E-state index in [4.69, 9.17) is 14.2 Å². The molecule has 1 heterocycles. The molecule has 3 rings (SSSR count). The summed E-state index contributed by atoms with van der Waals surface area (Å²) in [6.07, 6.45) is 0. The predicted octanol–water partition coefficient (Wildman–Crippen LogP) is 3.97. The highest BCUT2D eigenvalue weighted by atomic mass is 32.2. The van der Waals surface area contributed by atoms with Crippen LogP contribution in [0.3, 0.4) is 0 Å². The molecule has 8 heteroatoms. The second-order valence-corrected chi connectivity index (χ2v) is 7.01. The summed E-state index contributed by atoms with van der Waals surface area (Å²) < 4.78 is 17.8. The summed E-state index contributed by atoms with van der Waals surface area (Å²) >= 11 is 1.36. The average Bonchev–Trinajstić information content (AvgIpc) is 3.19. The molecular weight excluding hydrogens is 390 g/mol. The lowest BCUT2D eigenvalue weighted by Crippen LogP contribution is -2.06. The fourth-order valence-electron chi connectivity index (χ4n) is 2.88. The van der Waals surface area contributed by atoms with E-state index in [-0.39, 0.29) is 11.5 Å². The Morgan fingerprint density at radius 1 is 1.00 bits per heavy atom. The van der Waals surface area contributed by atoms with Gasteiger partial charge in [-0.25, -0.2) is 0 Å². The first-order valence-corrected chi connectivity index (χ1v) is 10.1. The van der Waals surface area contributed by atoms with Crippen LogP contribution in [-0.4, -0.2) is 47.6 Å². The maximum Gasteiger partial charge on any atom is 0.191 e. The molecule has 0 aliphatic heterocycles. The molecule has 2 aromatic carbocycles. The van der Waals surface area contributed by atoms with Gasteiger partial charge in [-0.15, -0.1) is 10.2 Å². The Kier molecular flexibility index (Phi) is 6.77. The highest BCUT2D eigenvalue weighted by molar-refractivity contribution is 7.99. The molecule has 0 fully saturated rings. The standard InChI is InChI=1S/C21H23N3O4S/c1-5-24-20(15-7-6-8-16(11-15)26-2)22-23-21(24)29-13-17(25)14-9-10-18(27-3)19(12-14)28-4/h6-12H,5,13H2,1-4H3. The Morgan fingerprint density at radius 2 is 1.79 bits per heavy atom. The fourth-order valence-corrected chi connectivity index (χ4v) is 3.78. The second kappa shape index (κ2) is 9.47. The number of carbonyl (C=O) groups excluding carboxylic acids is 1. The first-order valence-electron chi connectivity index (χ1n) is 9.06. The molecule has 152 valence electrons. The molecule has 0 radical (unpaired) electrons. The summed E-state index contributed by atoms with van der Waals surface area (Å²) in [6.45, 7) is 2.71. The smallest absolute Gasteiger partial charge is 0.191 e. The summed E-state index contributed by atoms with van der Waals surface area (Å²) in [4.78, 5) is 12.7. The Labute approximate surface area is 174 Å². The van der Waals surface area contributed by atoms with Crippen molar-refractivity contribution in [3.8, 4) is 28.6 Å². The Balaban J connectivity index is 1.77. The van der Waals surface area contributed by atoms with Crippen LogP contribution in [0.1, 0.15) is 17.3 Å². The molecule has 0 amide bonds. The SMILES string of the molecule is CCn1c(SCC(=O)c2ccc(OC)c(OC)c2)nnc1-c1cccc(OC)c1. The molecule has 0 saturated carbocycles. The Morgan fingerprint density at radius 3 is 2.48 bits per heavy atom. The first-order chi connectivity index (χ1) is 14.1. The van der Waals surface area contributed by atoms with Gasteiger partial charge in [0.25, 0.3) is 0 Å². The summed E-state index contributed by atoms with van der Waals surface area (Å²) in [7, 11) is 4.74. The number of benzene rings is 2. The molecule has 0 aliphatic carbocycles. The maximum absolute atomic E-state index is 12.7. The van der Waals surface area contributed by atoms with Crippen molar-refractivity contribution in [1.29, 1.82) is 0 Å². The van der Waals surface area contributed by atoms with E-state index in [0.29, 0.717) is 28.8 Å². The number of hydrogen-bond acceptors (Lipinski definition) is 7. The van der Waals surface area contributed by atoms with E-state index in [1.165, 1.54) is 11.8 Å². The van der Waals surface area contributed by atoms with E-state index < -0.39 is 0 Å². The number of ketones is 1. The van der Waals surface area contributed by atoms with Crippen molar-refractivity contribution in [2.24, 2.45) is 0 Å². The van der Waals surface area contributed by atoms with E-state index in [0.717, 1.165) is 17.1 Å². The van der Waals surface area contributed by atoms with Crippen molar-refractivity contribution in [1.82, 2.24) is 14.8 Å². The molecule has 0 N–H and O–H groups in total. The third-order valence-electron chi connectivity index (χ3n) is 4.40. The number of aromatic nitrogens is 3. The van der Waals surface area contributed by atoms with E-state index in [1.807, 2.05) is 35.8 Å². The van der Waals surface area contributed by atoms with Crippen molar-refractivity contribution in [3.63, 3.8) is 0 Å². The van der Waals surface area contributed by atoms with E-state index in [1.54, 1.807) is 39.5 Å². The number of methoxy groups -OCH3 is 3. The van der Waals surface area contributed by atoms with Crippen LogP contribution in [-0.2, 0) is 6.54 Å². The number of carbonyl (C=O) groups is 1. The zero-order chi connectivity index (χ0) is 20.8. The first kappa shape index (κ1) is 20.7. The number of ether oxygens (including phenoxy) is 3. The lowest BCUT2D eigenvalue weighted by atomic mass is 10.1. The summed E-state index contributed by atoms with van der Waals surface area (Å²) in [5.74, 6) is 2.83. The van der Waals surface area contributed by atoms with Gasteiger partial charge in [-0.2, -0.15) is 0 Å². The predicted molar refractivity (Wildman–Crippen MR) is 112 cm³/mol. The normalized spacial score (nSPS) is 10.6. The molecule has 0 saturated heterocycles. The number of rotatable bonds is 9. The lowest BCUT2D eigenvalue weighted by Gasteiger charge is -2.10. The topological polar surface area (TPSA) is 75.5 Å². The molecular formula is C21H23N3O4S. The molecule has 0 aliphatic rings. The zero-order valence-corrected chi connectivity index (χ0v) is 17.7. The van der Waals surface area contributed by atoms with Crippen molar-refractivity contribution in [3.05, 3.63) is 48.0 Å². The molecule has 0 bridgehead atoms. The number of thioether (sulfide) groups is 1. The van der Waals surface area contributed by atoms with Crippen molar-refractivity contribution >= 4 is 17.5 Å². The number of nitrogens with zero attached hydrogens (tertiary/aromatic N) is 3. The van der Waals surface area contributed by atoms with Gasteiger partial charge in [0.1, 0.15) is 5.75 Å². The van der Waals surface area contributed by atoms with Crippen LogP contribution < -0.4 is 14.2 Å². The lowest BCUT2D eigenvalue weighted by molar-refractivity contribution is 0.102. The highest BCUT2D eigenvalue weighted by Crippen LogP contribution is 2.30. The van der Waals surface area contributed by atoms with Crippen LogP contribution in [0.2, 0.25) is 0 Å². The van der Waals surface area contributed by atoms with E-state index in [9.17, 15) is 4.79 Å². The minimum absolute atomic E-state index is 0.0236. The summed E-state index contributed by atoms with van der Waals surface area (Å²) in [6, 6.07) is 12.8. The van der Waals surface area contributed by atoms with Crippen molar-refractivity contribution in [2.45, 2.75) is 18.6 Å². The monoisotopic (exact) mass is 413 g/mol. The summed E-state index contributed by atoms with van der Waals surface area (Å²) in [5, 5.41) is 9.30. The fraction of sp³-hybridized carbons (Fsp3) is 0.286. The summed E-state index contributed by atoms with van der Waals surface area (Å²) in [5.41, 5.74) is 1.47. The highest BCUT2D eigenvalue weighted by Gasteiger charge is 2.17. The minimum Gasteiger partial charge on any atom is -0.497 e. The van der Waals surface area contributed by atoms with Gasteiger partial charge in [0.15, 0.2) is 28.3 Å². The Bertz CT molecular complexity index is 1000. The van der Waals surface area contributed by atoms with Crippen LogP contribution >= 0.6 is 11.8 Å². The van der Waals surface area contributed by atoms with Gasteiger partial charge >= 0.3 is 0 Å². The number of hydrogen-bond donors (Lipinski definition) is 0. The molecule has 0 spiro atoms. The van der Waals surface area contributed by atoms with Gasteiger partial charge in [0.2, 0.25) is 0 Å². The largest absolute Gasteiger partial charge is 0.497 e. The van der Waals surface area contributed by atoms with Gasteiger partial charge < -0.3 is 18.8 Å². The zero-order valence-electron chi connectivity index (χ0n) is 16.8. The van der Waals surface area contributed by atoms with Gasteiger partial charge in [0, 0.05) is 17.7 Å². The van der Waals surface area contributed by atoms with Gasteiger partial charge in [0.05, 0.1) is 27.1 Å². The van der Waals surface area contributed by atoms with Crippen LogP contribution in [0, 0.1) is 0 Å². The Hall–Kier alpha value is -3.00. The van der Waals surface area contributed by atoms with E-state index in [2.05, 4.69) is 10.2 Å². The van der Waals surface area contributed by atoms with Gasteiger partial charge in [-0.3, -0.25) is 4.79 Å². The second-order valence-electron chi connectivity index (χ2n) is 6.06. The maximum atomic E-state index is 12.7. The van der Waals surface area contributed by atoms with E-state index >= 15 is 0 Å². The molecule has 7 nitrogen and oxygen atoms in total. The van der Waals surface area contributed by atoms with Gasteiger partial charge in [-0.1, -0.05) is 23.9 Å². The quantitative estimate of drug-likeness (QED) is 0.388. The average molecular weight is 413 g/mol. The number of Topliss-reactive ketones (excluding diaryl/α,β-unsaturated/α-hetero) is 1. The van der Waals surface area contributed by atoms with Crippen molar-refractivity contribution < 1.29 is 19.0 Å². The third kappa shape index (κ3) is 4.54. The minimum atomic E-state index is -0.0236. The molecule has 1 aromatic heterocycles. The van der Waals surface area contributed by atoms with Crippen molar-refractivity contribution in [2.75, 3.05) is 27.1 Å². The van der Waals surface area contributed by atoms with Crippen LogP contribution in [0.25, 0.3) is 11.4 Å². The molecule has 29 heavy (non-hydrogen) atoms. The molecule has 0 unspecified atom stereocenters. The van der Waals surface area contributed by atoms with Crippen LogP contribution in [0.15, 0.2) is 47.6 Å². The molecule has 3 aromatic rings.